The van der Waals surface area contributed by atoms with Crippen LogP contribution in [0.5, 0.6) is 0 Å². The molecule has 3 aromatic heterocycles. The number of carbonyl (C=O) groups is 1. The summed E-state index contributed by atoms with van der Waals surface area (Å²) in [7, 11) is -3.64. The summed E-state index contributed by atoms with van der Waals surface area (Å²) >= 11 is 1.59. The third-order valence-corrected chi connectivity index (χ3v) is 7.34. The van der Waals surface area contributed by atoms with E-state index in [0.29, 0.717) is 30.9 Å². The van der Waals surface area contributed by atoms with Crippen LogP contribution in [0.4, 0.5) is 5.82 Å². The van der Waals surface area contributed by atoms with Crippen molar-refractivity contribution in [1.82, 2.24) is 19.5 Å². The van der Waals surface area contributed by atoms with Crippen molar-refractivity contribution in [2.24, 2.45) is 0 Å². The topological polar surface area (TPSA) is 106 Å². The molecule has 0 atom stereocenters. The molecule has 0 unspecified atom stereocenters. The van der Waals surface area contributed by atoms with Crippen LogP contribution in [-0.2, 0) is 29.4 Å². The third kappa shape index (κ3) is 6.35. The zero-order valence-electron chi connectivity index (χ0n) is 17.7. The van der Waals surface area contributed by atoms with Gasteiger partial charge in [-0.05, 0) is 66.2 Å². The molecular weight excluding hydrogens is 458 g/mol. The largest absolute Gasteiger partial charge is 0.305 e. The van der Waals surface area contributed by atoms with Crippen LogP contribution in [0, 0.1) is 0 Å². The predicted octanol–water partition coefficient (Wildman–Crippen LogP) is 3.36. The van der Waals surface area contributed by atoms with E-state index in [1.807, 2.05) is 29.6 Å². The highest BCUT2D eigenvalue weighted by molar-refractivity contribution is 7.89. The third-order valence-electron chi connectivity index (χ3n) is 4.93. The lowest BCUT2D eigenvalue weighted by molar-refractivity contribution is 0.102. The summed E-state index contributed by atoms with van der Waals surface area (Å²) in [5, 5.41) is 9.07. The lowest BCUT2D eigenvalue weighted by Crippen LogP contribution is -2.26. The molecule has 2 N–H and O–H groups in total. The van der Waals surface area contributed by atoms with Gasteiger partial charge in [0.05, 0.1) is 4.90 Å². The minimum atomic E-state index is -3.64. The first-order valence-corrected chi connectivity index (χ1v) is 12.7. The molecule has 0 radical (unpaired) electrons. The zero-order valence-corrected chi connectivity index (χ0v) is 19.3. The lowest BCUT2D eigenvalue weighted by Gasteiger charge is -2.07. The fourth-order valence-electron chi connectivity index (χ4n) is 3.17. The first-order chi connectivity index (χ1) is 16.0. The molecule has 10 heteroatoms. The fourth-order valence-corrected chi connectivity index (χ4v) is 4.91. The highest BCUT2D eigenvalue weighted by Gasteiger charge is 2.15. The number of hydrogen-bond donors (Lipinski definition) is 2. The van der Waals surface area contributed by atoms with E-state index in [-0.39, 0.29) is 10.8 Å². The van der Waals surface area contributed by atoms with E-state index >= 15 is 0 Å². The second-order valence-corrected chi connectivity index (χ2v) is 10.1. The Morgan fingerprint density at radius 1 is 1.00 bits per heavy atom. The Kier molecular flexibility index (Phi) is 7.28. The molecule has 33 heavy (non-hydrogen) atoms. The van der Waals surface area contributed by atoms with Gasteiger partial charge in [-0.2, -0.15) is 5.10 Å². The Morgan fingerprint density at radius 2 is 1.79 bits per heavy atom. The summed E-state index contributed by atoms with van der Waals surface area (Å²) in [6.45, 7) is 0.987. The minimum Gasteiger partial charge on any atom is -0.305 e. The van der Waals surface area contributed by atoms with Crippen LogP contribution in [0.15, 0.2) is 83.5 Å². The second kappa shape index (κ2) is 10.5. The van der Waals surface area contributed by atoms with E-state index in [2.05, 4.69) is 20.1 Å². The number of anilines is 1. The fraction of sp³-hybridized carbons (Fsp3) is 0.174. The molecule has 4 aromatic rings. The van der Waals surface area contributed by atoms with Gasteiger partial charge in [-0.3, -0.25) is 14.5 Å². The van der Waals surface area contributed by atoms with Gasteiger partial charge in [0.25, 0.3) is 5.91 Å². The van der Waals surface area contributed by atoms with Crippen LogP contribution in [0.3, 0.4) is 0 Å². The summed E-state index contributed by atoms with van der Waals surface area (Å²) < 4.78 is 29.3. The van der Waals surface area contributed by atoms with Crippen LogP contribution in [0.25, 0.3) is 0 Å². The smallest absolute Gasteiger partial charge is 0.256 e. The van der Waals surface area contributed by atoms with E-state index in [1.165, 1.54) is 24.3 Å². The van der Waals surface area contributed by atoms with E-state index in [1.54, 1.807) is 40.7 Å². The molecular formula is C23H23N5O3S2. The van der Waals surface area contributed by atoms with E-state index in [0.717, 1.165) is 16.9 Å². The van der Waals surface area contributed by atoms with Crippen molar-refractivity contribution >= 4 is 33.1 Å². The van der Waals surface area contributed by atoms with Crippen LogP contribution < -0.4 is 10.0 Å². The SMILES string of the molecule is O=C(Nc1ccn(CCc2ccncc2)n1)c1ccc(S(=O)(=O)NCCc2cccs2)cc1. The normalized spacial score (nSPS) is 11.4. The van der Waals surface area contributed by atoms with E-state index in [4.69, 9.17) is 0 Å². The molecule has 1 amide bonds. The summed E-state index contributed by atoms with van der Waals surface area (Å²) in [5.41, 5.74) is 1.50. The quantitative estimate of drug-likeness (QED) is 0.361. The lowest BCUT2D eigenvalue weighted by atomic mass is 10.2. The number of sulfonamides is 1. The van der Waals surface area contributed by atoms with E-state index in [9.17, 15) is 13.2 Å². The highest BCUT2D eigenvalue weighted by atomic mass is 32.2. The molecule has 0 aliphatic heterocycles. The van der Waals surface area contributed by atoms with Crippen LogP contribution in [0.2, 0.25) is 0 Å². The van der Waals surface area contributed by atoms with Gasteiger partial charge >= 0.3 is 0 Å². The maximum atomic E-state index is 12.5. The van der Waals surface area contributed by atoms with Gasteiger partial charge in [-0.15, -0.1) is 11.3 Å². The van der Waals surface area contributed by atoms with Crippen molar-refractivity contribution in [2.45, 2.75) is 24.3 Å². The van der Waals surface area contributed by atoms with Crippen LogP contribution in [-0.4, -0.2) is 35.6 Å². The van der Waals surface area contributed by atoms with Crippen molar-refractivity contribution in [3.8, 4) is 0 Å². The number of hydrogen-bond acceptors (Lipinski definition) is 6. The van der Waals surface area contributed by atoms with Gasteiger partial charge in [-0.1, -0.05) is 6.07 Å². The highest BCUT2D eigenvalue weighted by Crippen LogP contribution is 2.14. The molecule has 0 saturated carbocycles. The van der Waals surface area contributed by atoms with Crippen molar-refractivity contribution in [2.75, 3.05) is 11.9 Å². The monoisotopic (exact) mass is 481 g/mol. The van der Waals surface area contributed by atoms with Gasteiger partial charge in [-0.25, -0.2) is 13.1 Å². The average Bonchev–Trinajstić information content (AvgIpc) is 3.51. The van der Waals surface area contributed by atoms with Gasteiger partial charge in [0.15, 0.2) is 5.82 Å². The summed E-state index contributed by atoms with van der Waals surface area (Å²) in [6, 6.07) is 15.4. The number of aryl methyl sites for hydroxylation is 2. The number of amides is 1. The predicted molar refractivity (Wildman–Crippen MR) is 128 cm³/mol. The molecule has 0 aliphatic carbocycles. The van der Waals surface area contributed by atoms with Crippen LogP contribution >= 0.6 is 11.3 Å². The number of thiophene rings is 1. The van der Waals surface area contributed by atoms with Crippen molar-refractivity contribution < 1.29 is 13.2 Å². The molecule has 170 valence electrons. The number of benzene rings is 1. The number of carbonyl (C=O) groups excluding carboxylic acids is 1. The van der Waals surface area contributed by atoms with Gasteiger partial charge < -0.3 is 5.32 Å². The first-order valence-electron chi connectivity index (χ1n) is 10.4. The number of pyridine rings is 1. The number of aromatic nitrogens is 3. The molecule has 4 rings (SSSR count). The van der Waals surface area contributed by atoms with Gasteiger partial charge in [0.1, 0.15) is 0 Å². The number of nitrogens with one attached hydrogen (secondary N) is 2. The molecule has 3 heterocycles. The van der Waals surface area contributed by atoms with Crippen molar-refractivity contribution in [3.63, 3.8) is 0 Å². The zero-order chi connectivity index (χ0) is 23.1. The van der Waals surface area contributed by atoms with Crippen LogP contribution in [0.1, 0.15) is 20.8 Å². The molecule has 0 aliphatic rings. The average molecular weight is 482 g/mol. The minimum absolute atomic E-state index is 0.116. The summed E-state index contributed by atoms with van der Waals surface area (Å²) in [4.78, 5) is 17.8. The van der Waals surface area contributed by atoms with Gasteiger partial charge in [0, 0.05) is 48.2 Å². The second-order valence-electron chi connectivity index (χ2n) is 7.28. The Morgan fingerprint density at radius 3 is 2.52 bits per heavy atom. The van der Waals surface area contributed by atoms with Crippen molar-refractivity contribution in [3.05, 3.63) is 94.6 Å². The molecule has 0 spiro atoms. The molecule has 0 bridgehead atoms. The molecule has 0 fully saturated rings. The number of rotatable bonds is 10. The molecule has 8 nitrogen and oxygen atoms in total. The standard InChI is InChI=1S/C23H23N5O3S2/c29-23(26-22-11-16-28(27-22)15-10-18-7-12-24-13-8-18)19-3-5-21(6-4-19)33(30,31)25-14-9-20-2-1-17-32-20/h1-8,11-13,16-17,25H,9-10,14-15H2,(H,26,27,29). The van der Waals surface area contributed by atoms with Crippen molar-refractivity contribution in [1.29, 1.82) is 0 Å². The molecule has 0 saturated heterocycles. The maximum absolute atomic E-state index is 12.5. The molecule has 1 aromatic carbocycles. The Labute approximate surface area is 196 Å². The summed E-state index contributed by atoms with van der Waals surface area (Å²) in [6.07, 6.45) is 6.74. The summed E-state index contributed by atoms with van der Waals surface area (Å²) in [5.74, 6) is 0.0747. The Balaban J connectivity index is 1.30. The number of nitrogens with zero attached hydrogens (tertiary/aromatic N) is 3. The first kappa shape index (κ1) is 22.8. The Bertz CT molecular complexity index is 1290. The Hall–Kier alpha value is -3.34. The van der Waals surface area contributed by atoms with E-state index < -0.39 is 10.0 Å². The van der Waals surface area contributed by atoms with Gasteiger partial charge in [0.2, 0.25) is 10.0 Å². The maximum Gasteiger partial charge on any atom is 0.256 e.